The number of hydrogen-bond donors (Lipinski definition) is 2. The molecule has 0 spiro atoms. The SMILES string of the molecule is COc1cc2c(c(N(C)S(=O)(=O)c3ccccn3)c1)NC(C1=NCC(CN3CC(O)C3)S1)C2. The molecule has 176 valence electrons. The van der Waals surface area contributed by atoms with E-state index in [9.17, 15) is 13.5 Å². The van der Waals surface area contributed by atoms with E-state index in [-0.39, 0.29) is 17.2 Å². The van der Waals surface area contributed by atoms with Gasteiger partial charge in [0, 0.05) is 50.6 Å². The van der Waals surface area contributed by atoms with Crippen LogP contribution in [0.5, 0.6) is 5.75 Å². The number of aromatic nitrogens is 1. The van der Waals surface area contributed by atoms with E-state index in [0.29, 0.717) is 23.1 Å². The third-order valence-corrected chi connectivity index (χ3v) is 9.16. The maximum atomic E-state index is 13.2. The van der Waals surface area contributed by atoms with Crippen LogP contribution in [0.2, 0.25) is 0 Å². The van der Waals surface area contributed by atoms with E-state index >= 15 is 0 Å². The van der Waals surface area contributed by atoms with Crippen molar-refractivity contribution in [3.05, 3.63) is 42.1 Å². The Morgan fingerprint density at radius 3 is 2.85 bits per heavy atom. The number of fused-ring (bicyclic) bond motifs is 1. The van der Waals surface area contributed by atoms with Gasteiger partial charge in [0.25, 0.3) is 10.0 Å². The number of likely N-dealkylation sites (tertiary alicyclic amines) is 1. The molecule has 2 aromatic rings. The number of aliphatic hydroxyl groups is 1. The Morgan fingerprint density at radius 1 is 1.33 bits per heavy atom. The van der Waals surface area contributed by atoms with Crippen LogP contribution in [0, 0.1) is 0 Å². The van der Waals surface area contributed by atoms with Crippen molar-refractivity contribution in [2.45, 2.75) is 28.8 Å². The highest BCUT2D eigenvalue weighted by Crippen LogP contribution is 2.42. The quantitative estimate of drug-likeness (QED) is 0.602. The van der Waals surface area contributed by atoms with Gasteiger partial charge in [0.15, 0.2) is 5.03 Å². The molecule has 11 heteroatoms. The second-order valence-electron chi connectivity index (χ2n) is 8.51. The second-order valence-corrected chi connectivity index (χ2v) is 11.8. The molecule has 0 amide bonds. The number of ether oxygens (including phenoxy) is 1. The lowest BCUT2D eigenvalue weighted by atomic mass is 10.1. The molecule has 0 saturated carbocycles. The number of aliphatic hydroxyl groups excluding tert-OH is 1. The predicted octanol–water partition coefficient (Wildman–Crippen LogP) is 1.44. The zero-order valence-electron chi connectivity index (χ0n) is 18.5. The number of nitrogens with zero attached hydrogens (tertiary/aromatic N) is 4. The van der Waals surface area contributed by atoms with Crippen LogP contribution in [0.3, 0.4) is 0 Å². The van der Waals surface area contributed by atoms with E-state index in [0.717, 1.165) is 42.5 Å². The van der Waals surface area contributed by atoms with Crippen LogP contribution in [-0.2, 0) is 16.4 Å². The highest BCUT2D eigenvalue weighted by atomic mass is 32.2. The summed E-state index contributed by atoms with van der Waals surface area (Å²) < 4.78 is 33.2. The van der Waals surface area contributed by atoms with E-state index in [4.69, 9.17) is 9.73 Å². The smallest absolute Gasteiger partial charge is 0.281 e. The van der Waals surface area contributed by atoms with E-state index < -0.39 is 10.0 Å². The Hall–Kier alpha value is -2.34. The largest absolute Gasteiger partial charge is 0.497 e. The Kier molecular flexibility index (Phi) is 5.98. The third-order valence-electron chi connectivity index (χ3n) is 6.19. The number of pyridine rings is 1. The number of nitrogens with one attached hydrogen (secondary N) is 1. The highest BCUT2D eigenvalue weighted by Gasteiger charge is 2.36. The molecule has 2 unspecified atom stereocenters. The van der Waals surface area contributed by atoms with Gasteiger partial charge in [-0.25, -0.2) is 4.98 Å². The van der Waals surface area contributed by atoms with Crippen molar-refractivity contribution in [3.63, 3.8) is 0 Å². The number of methoxy groups -OCH3 is 1. The highest BCUT2D eigenvalue weighted by molar-refractivity contribution is 8.15. The first-order valence-electron chi connectivity index (χ1n) is 10.8. The van der Waals surface area contributed by atoms with Crippen molar-refractivity contribution >= 4 is 38.2 Å². The van der Waals surface area contributed by atoms with Crippen LogP contribution in [-0.4, -0.2) is 86.2 Å². The number of sulfonamides is 1. The minimum absolute atomic E-state index is 0.00575. The fourth-order valence-electron chi connectivity index (χ4n) is 4.42. The zero-order chi connectivity index (χ0) is 23.2. The summed E-state index contributed by atoms with van der Waals surface area (Å²) in [5.74, 6) is 0.601. The fraction of sp³-hybridized carbons (Fsp3) is 0.455. The molecule has 5 rings (SSSR count). The first-order valence-corrected chi connectivity index (χ1v) is 13.2. The maximum Gasteiger partial charge on any atom is 0.281 e. The number of aliphatic imine (C=N–C) groups is 1. The normalized spacial score (nSPS) is 22.9. The standard InChI is InChI=1S/C22H27N5O4S2/c1-26(33(29,30)20-5-3-4-6-23-20)19-9-16(31-2)7-14-8-18(25-21(14)19)22-24-10-17(32-22)13-27-11-15(28)12-27/h3-7,9,15,17-18,25,28H,8,10-13H2,1-2H3. The van der Waals surface area contributed by atoms with Crippen molar-refractivity contribution in [3.8, 4) is 5.75 Å². The van der Waals surface area contributed by atoms with Crippen LogP contribution >= 0.6 is 11.8 Å². The lowest BCUT2D eigenvalue weighted by Crippen LogP contribution is -2.52. The van der Waals surface area contributed by atoms with Crippen LogP contribution in [0.15, 0.2) is 46.5 Å². The lowest BCUT2D eigenvalue weighted by molar-refractivity contribution is 0.00320. The Bertz CT molecular complexity index is 1170. The fourth-order valence-corrected chi connectivity index (χ4v) is 6.78. The number of anilines is 2. The molecule has 33 heavy (non-hydrogen) atoms. The first-order chi connectivity index (χ1) is 15.8. The summed E-state index contributed by atoms with van der Waals surface area (Å²) in [6.45, 7) is 3.14. The molecule has 0 aliphatic carbocycles. The van der Waals surface area contributed by atoms with Gasteiger partial charge in [-0.3, -0.25) is 14.2 Å². The summed E-state index contributed by atoms with van der Waals surface area (Å²) in [7, 11) is -0.722. The Morgan fingerprint density at radius 2 is 2.15 bits per heavy atom. The zero-order valence-corrected chi connectivity index (χ0v) is 20.1. The van der Waals surface area contributed by atoms with Crippen LogP contribution in [0.4, 0.5) is 11.4 Å². The van der Waals surface area contributed by atoms with Crippen molar-refractivity contribution < 1.29 is 18.3 Å². The predicted molar refractivity (Wildman–Crippen MR) is 130 cm³/mol. The van der Waals surface area contributed by atoms with E-state index in [1.165, 1.54) is 23.6 Å². The van der Waals surface area contributed by atoms with Gasteiger partial charge in [-0.2, -0.15) is 8.42 Å². The summed E-state index contributed by atoms with van der Waals surface area (Å²) in [5, 5.41) is 14.4. The number of rotatable bonds is 7. The summed E-state index contributed by atoms with van der Waals surface area (Å²) in [6, 6.07) is 8.51. The van der Waals surface area contributed by atoms with Crippen LogP contribution < -0.4 is 14.4 Å². The molecular weight excluding hydrogens is 462 g/mol. The molecule has 0 radical (unpaired) electrons. The van der Waals surface area contributed by atoms with Gasteiger partial charge in [-0.15, -0.1) is 11.8 Å². The Labute approximate surface area is 197 Å². The number of β-amino-alcohol motifs (C(OH)–C–C–N with tert-alkyl or cyclic N) is 1. The molecule has 1 saturated heterocycles. The van der Waals surface area contributed by atoms with E-state index in [1.807, 2.05) is 6.07 Å². The number of hydrogen-bond acceptors (Lipinski definition) is 9. The minimum atomic E-state index is -3.83. The summed E-state index contributed by atoms with van der Waals surface area (Å²) in [5.41, 5.74) is 2.29. The van der Waals surface area contributed by atoms with E-state index in [1.54, 1.807) is 37.1 Å². The molecule has 4 heterocycles. The van der Waals surface area contributed by atoms with Crippen molar-refractivity contribution in [2.24, 2.45) is 4.99 Å². The number of benzene rings is 1. The van der Waals surface area contributed by atoms with Gasteiger partial charge in [-0.05, 0) is 23.8 Å². The molecule has 0 bridgehead atoms. The topological polar surface area (TPSA) is 107 Å². The molecule has 1 aromatic heterocycles. The Balaban J connectivity index is 1.36. The van der Waals surface area contributed by atoms with E-state index in [2.05, 4.69) is 15.2 Å². The maximum absolute atomic E-state index is 13.2. The molecule has 2 N–H and O–H groups in total. The average Bonchev–Trinajstić information content (AvgIpc) is 3.44. The molecule has 1 aromatic carbocycles. The monoisotopic (exact) mass is 489 g/mol. The summed E-state index contributed by atoms with van der Waals surface area (Å²) in [4.78, 5) is 11.1. The van der Waals surface area contributed by atoms with Gasteiger partial charge in [0.05, 0.1) is 42.2 Å². The summed E-state index contributed by atoms with van der Waals surface area (Å²) >= 11 is 1.78. The molecule has 3 aliphatic heterocycles. The molecular formula is C22H27N5O4S2. The van der Waals surface area contributed by atoms with Gasteiger partial charge in [0.2, 0.25) is 0 Å². The summed E-state index contributed by atoms with van der Waals surface area (Å²) in [6.07, 6.45) is 1.98. The molecule has 9 nitrogen and oxygen atoms in total. The first kappa shape index (κ1) is 22.5. The van der Waals surface area contributed by atoms with Gasteiger partial charge in [-0.1, -0.05) is 6.07 Å². The molecule has 3 aliphatic rings. The number of thioether (sulfide) groups is 1. The van der Waals surface area contributed by atoms with Crippen LogP contribution in [0.25, 0.3) is 0 Å². The van der Waals surface area contributed by atoms with Crippen molar-refractivity contribution in [2.75, 3.05) is 50.0 Å². The minimum Gasteiger partial charge on any atom is -0.497 e. The molecule has 1 fully saturated rings. The third kappa shape index (κ3) is 4.30. The van der Waals surface area contributed by atoms with Gasteiger partial charge < -0.3 is 15.2 Å². The van der Waals surface area contributed by atoms with Gasteiger partial charge in [0.1, 0.15) is 5.75 Å². The van der Waals surface area contributed by atoms with Gasteiger partial charge >= 0.3 is 0 Å². The van der Waals surface area contributed by atoms with Crippen molar-refractivity contribution in [1.82, 2.24) is 9.88 Å². The molecule has 2 atom stereocenters. The van der Waals surface area contributed by atoms with Crippen molar-refractivity contribution in [1.29, 1.82) is 0 Å². The average molecular weight is 490 g/mol. The lowest BCUT2D eigenvalue weighted by Gasteiger charge is -2.37. The van der Waals surface area contributed by atoms with Crippen LogP contribution in [0.1, 0.15) is 5.56 Å². The second kappa shape index (κ2) is 8.79.